The summed E-state index contributed by atoms with van der Waals surface area (Å²) in [5.74, 6) is 0.136. The van der Waals surface area contributed by atoms with E-state index in [9.17, 15) is 9.59 Å². The quantitative estimate of drug-likeness (QED) is 0.576. The second-order valence-electron chi connectivity index (χ2n) is 7.20. The minimum absolute atomic E-state index is 0.161. The third-order valence-electron chi connectivity index (χ3n) is 5.59. The average molecular weight is 345 g/mol. The zero-order chi connectivity index (χ0) is 18.3. The van der Waals surface area contributed by atoms with Crippen molar-refractivity contribution < 1.29 is 14.3 Å². The van der Waals surface area contributed by atoms with Crippen LogP contribution in [0.3, 0.4) is 0 Å². The van der Waals surface area contributed by atoms with E-state index in [-0.39, 0.29) is 11.9 Å². The molecule has 1 fully saturated rings. The van der Waals surface area contributed by atoms with Crippen molar-refractivity contribution >= 4 is 12.3 Å². The Bertz CT molecular complexity index is 559. The number of nitrogens with two attached hydrogens (primary N) is 1. The van der Waals surface area contributed by atoms with Crippen LogP contribution in [-0.2, 0) is 19.7 Å². The average Bonchev–Trinajstić information content (AvgIpc) is 2.67. The SMILES string of the molecule is CCCOC(=O)C(CC)c1ccc(C2(C=O)CCC(CN)CC2)cc1. The Hall–Kier alpha value is -1.68. The van der Waals surface area contributed by atoms with Crippen molar-refractivity contribution in [3.63, 3.8) is 0 Å². The molecule has 25 heavy (non-hydrogen) atoms. The molecular weight excluding hydrogens is 314 g/mol. The molecule has 0 spiro atoms. The first-order chi connectivity index (χ1) is 12.1. The first kappa shape index (κ1) is 19.6. The number of ether oxygens (including phenoxy) is 1. The maximum Gasteiger partial charge on any atom is 0.313 e. The molecule has 4 nitrogen and oxygen atoms in total. The first-order valence-electron chi connectivity index (χ1n) is 9.53. The molecule has 1 unspecified atom stereocenters. The second-order valence-corrected chi connectivity index (χ2v) is 7.20. The summed E-state index contributed by atoms with van der Waals surface area (Å²) >= 11 is 0. The number of benzene rings is 1. The summed E-state index contributed by atoms with van der Waals surface area (Å²) in [4.78, 5) is 24.1. The molecule has 0 aromatic heterocycles. The lowest BCUT2D eigenvalue weighted by molar-refractivity contribution is -0.145. The van der Waals surface area contributed by atoms with Crippen LogP contribution in [0.15, 0.2) is 24.3 Å². The topological polar surface area (TPSA) is 69.4 Å². The fraction of sp³-hybridized carbons (Fsp3) is 0.619. The van der Waals surface area contributed by atoms with E-state index in [1.54, 1.807) is 0 Å². The van der Waals surface area contributed by atoms with E-state index >= 15 is 0 Å². The Morgan fingerprint density at radius 3 is 2.40 bits per heavy atom. The number of aldehydes is 1. The largest absolute Gasteiger partial charge is 0.465 e. The maximum atomic E-state index is 12.2. The Kier molecular flexibility index (Phi) is 7.18. The molecule has 1 aliphatic rings. The molecule has 0 aliphatic heterocycles. The van der Waals surface area contributed by atoms with E-state index in [4.69, 9.17) is 10.5 Å². The van der Waals surface area contributed by atoms with E-state index in [1.165, 1.54) is 0 Å². The van der Waals surface area contributed by atoms with Crippen LogP contribution in [0.5, 0.6) is 0 Å². The van der Waals surface area contributed by atoms with Crippen molar-refractivity contribution in [3.05, 3.63) is 35.4 Å². The van der Waals surface area contributed by atoms with Gasteiger partial charge in [0, 0.05) is 0 Å². The highest BCUT2D eigenvalue weighted by Gasteiger charge is 2.36. The van der Waals surface area contributed by atoms with E-state index in [2.05, 4.69) is 0 Å². The van der Waals surface area contributed by atoms with Crippen LogP contribution >= 0.6 is 0 Å². The molecule has 1 atom stereocenters. The zero-order valence-electron chi connectivity index (χ0n) is 15.5. The van der Waals surface area contributed by atoms with Crippen molar-refractivity contribution in [2.45, 2.75) is 63.7 Å². The van der Waals surface area contributed by atoms with Crippen LogP contribution in [0.1, 0.15) is 69.4 Å². The summed E-state index contributed by atoms with van der Waals surface area (Å²) < 4.78 is 5.30. The zero-order valence-corrected chi connectivity index (χ0v) is 15.5. The highest BCUT2D eigenvalue weighted by atomic mass is 16.5. The van der Waals surface area contributed by atoms with Gasteiger partial charge in [-0.15, -0.1) is 0 Å². The van der Waals surface area contributed by atoms with Gasteiger partial charge in [-0.1, -0.05) is 38.1 Å². The summed E-state index contributed by atoms with van der Waals surface area (Å²) in [7, 11) is 0. The Morgan fingerprint density at radius 2 is 1.92 bits per heavy atom. The third kappa shape index (κ3) is 4.49. The molecular formula is C21H31NO3. The monoisotopic (exact) mass is 345 g/mol. The summed E-state index contributed by atoms with van der Waals surface area (Å²) in [6.07, 6.45) is 6.35. The van der Waals surface area contributed by atoms with Gasteiger partial charge >= 0.3 is 5.97 Å². The fourth-order valence-electron chi connectivity index (χ4n) is 3.79. The number of hydrogen-bond donors (Lipinski definition) is 1. The van der Waals surface area contributed by atoms with Crippen LogP contribution in [0.2, 0.25) is 0 Å². The van der Waals surface area contributed by atoms with Gasteiger partial charge in [0.05, 0.1) is 17.9 Å². The third-order valence-corrected chi connectivity index (χ3v) is 5.59. The van der Waals surface area contributed by atoms with E-state index in [0.717, 1.165) is 49.5 Å². The predicted molar refractivity (Wildman–Crippen MR) is 99.5 cm³/mol. The fourth-order valence-corrected chi connectivity index (χ4v) is 3.79. The molecule has 0 amide bonds. The van der Waals surface area contributed by atoms with Crippen molar-refractivity contribution in [3.8, 4) is 0 Å². The van der Waals surface area contributed by atoms with Crippen molar-refractivity contribution in [1.82, 2.24) is 0 Å². The molecule has 2 N–H and O–H groups in total. The normalized spacial score (nSPS) is 24.5. The van der Waals surface area contributed by atoms with Gasteiger partial charge in [0.2, 0.25) is 0 Å². The molecule has 0 heterocycles. The maximum absolute atomic E-state index is 12.2. The van der Waals surface area contributed by atoms with Crippen LogP contribution in [0, 0.1) is 5.92 Å². The van der Waals surface area contributed by atoms with Crippen LogP contribution in [-0.4, -0.2) is 25.4 Å². The minimum atomic E-state index is -0.394. The minimum Gasteiger partial charge on any atom is -0.465 e. The van der Waals surface area contributed by atoms with Crippen molar-refractivity contribution in [1.29, 1.82) is 0 Å². The van der Waals surface area contributed by atoms with E-state index in [0.29, 0.717) is 25.5 Å². The number of hydrogen-bond acceptors (Lipinski definition) is 4. The lowest BCUT2D eigenvalue weighted by Crippen LogP contribution is -2.35. The van der Waals surface area contributed by atoms with Gasteiger partial charge in [-0.2, -0.15) is 0 Å². The Morgan fingerprint density at radius 1 is 1.28 bits per heavy atom. The molecule has 4 heteroatoms. The van der Waals surface area contributed by atoms with Gasteiger partial charge < -0.3 is 15.3 Å². The van der Waals surface area contributed by atoms with Gasteiger partial charge in [0.1, 0.15) is 6.29 Å². The molecule has 138 valence electrons. The van der Waals surface area contributed by atoms with Gasteiger partial charge in [0.15, 0.2) is 0 Å². The number of esters is 1. The Balaban J connectivity index is 2.14. The first-order valence-corrected chi connectivity index (χ1v) is 9.53. The van der Waals surface area contributed by atoms with Crippen LogP contribution < -0.4 is 5.73 Å². The highest BCUT2D eigenvalue weighted by Crippen LogP contribution is 2.40. The van der Waals surface area contributed by atoms with Gasteiger partial charge in [-0.05, 0) is 62.1 Å². The van der Waals surface area contributed by atoms with Crippen LogP contribution in [0.25, 0.3) is 0 Å². The second kappa shape index (κ2) is 9.14. The highest BCUT2D eigenvalue weighted by molar-refractivity contribution is 5.78. The standard InChI is InChI=1S/C21H31NO3/c1-3-13-25-20(24)19(4-2)17-5-7-18(8-6-17)21(15-23)11-9-16(14-22)10-12-21/h5-8,15-16,19H,3-4,9-14,22H2,1-2H3. The molecule has 1 aromatic carbocycles. The Labute approximate surface area is 151 Å². The number of carbonyl (C=O) groups is 2. The predicted octanol–water partition coefficient (Wildman–Crippen LogP) is 3.72. The van der Waals surface area contributed by atoms with E-state index in [1.807, 2.05) is 38.1 Å². The number of carbonyl (C=O) groups excluding carboxylic acids is 2. The molecule has 0 saturated heterocycles. The lowest BCUT2D eigenvalue weighted by atomic mass is 9.67. The molecule has 2 rings (SSSR count). The summed E-state index contributed by atoms with van der Waals surface area (Å²) in [5.41, 5.74) is 7.39. The molecule has 1 aromatic rings. The van der Waals surface area contributed by atoms with Crippen molar-refractivity contribution in [2.24, 2.45) is 11.7 Å². The van der Waals surface area contributed by atoms with E-state index < -0.39 is 5.41 Å². The molecule has 1 saturated carbocycles. The van der Waals surface area contributed by atoms with Gasteiger partial charge in [-0.3, -0.25) is 4.79 Å². The van der Waals surface area contributed by atoms with Crippen LogP contribution in [0.4, 0.5) is 0 Å². The summed E-state index contributed by atoms with van der Waals surface area (Å²) in [6.45, 7) is 5.14. The molecule has 0 bridgehead atoms. The summed E-state index contributed by atoms with van der Waals surface area (Å²) in [6, 6.07) is 8.00. The van der Waals surface area contributed by atoms with Gasteiger partial charge in [-0.25, -0.2) is 0 Å². The van der Waals surface area contributed by atoms with Gasteiger partial charge in [0.25, 0.3) is 0 Å². The molecule has 0 radical (unpaired) electrons. The summed E-state index contributed by atoms with van der Waals surface area (Å²) in [5, 5.41) is 0. The lowest BCUT2D eigenvalue weighted by Gasteiger charge is -2.36. The van der Waals surface area contributed by atoms with Crippen molar-refractivity contribution in [2.75, 3.05) is 13.2 Å². The molecule has 1 aliphatic carbocycles. The number of rotatable bonds is 8. The smallest absolute Gasteiger partial charge is 0.313 e.